The quantitative estimate of drug-likeness (QED) is 0.528. The van der Waals surface area contributed by atoms with E-state index in [4.69, 9.17) is 3.32 Å². The molecular weight excluding hydrogens is 199 g/mol. The van der Waals surface area contributed by atoms with Gasteiger partial charge >= 0.3 is 48.7 Å². The molecule has 0 saturated carbocycles. The van der Waals surface area contributed by atoms with Gasteiger partial charge in [0.15, 0.2) is 0 Å². The van der Waals surface area contributed by atoms with E-state index in [0.29, 0.717) is 0 Å². The monoisotopic (exact) mass is 199 g/mol. The van der Waals surface area contributed by atoms with Crippen molar-refractivity contribution in [1.29, 1.82) is 0 Å². The molecule has 0 bridgehead atoms. The summed E-state index contributed by atoms with van der Waals surface area (Å²) in [4.78, 5) is 0. The Morgan fingerprint density at radius 2 is 1.40 bits per heavy atom. The Morgan fingerprint density at radius 1 is 1.40 bits per heavy atom. The fourth-order valence-electron chi connectivity index (χ4n) is 0. The molecule has 0 fully saturated rings. The summed E-state index contributed by atoms with van der Waals surface area (Å²) in [6.45, 7) is 0. The molecule has 0 rings (SSSR count). The third-order valence-corrected chi connectivity index (χ3v) is 0. The second-order valence-corrected chi connectivity index (χ2v) is 0. The van der Waals surface area contributed by atoms with E-state index in [0.717, 1.165) is 20.4 Å². The summed E-state index contributed by atoms with van der Waals surface area (Å²) in [6, 6.07) is 0. The maximum Gasteiger partial charge on any atom is 0 e. The molecule has 0 spiro atoms. The Kier molecular flexibility index (Phi) is 120. The zero-order valence-corrected chi connectivity index (χ0v) is 7.31. The normalized spacial score (nSPS) is 1.40. The zero-order chi connectivity index (χ0) is 4.00. The van der Waals surface area contributed by atoms with Crippen LogP contribution >= 0.6 is 10.6 Å². The molecule has 0 amide bonds. The van der Waals surface area contributed by atoms with Gasteiger partial charge in [0, 0.05) is 21.7 Å². The Balaban J connectivity index is -0.0000000133. The molecule has 0 unspecified atom stereocenters. The van der Waals surface area contributed by atoms with Gasteiger partial charge in [-0.25, -0.2) is 0 Å². The van der Waals surface area contributed by atoms with Crippen molar-refractivity contribution in [3.8, 4) is 0 Å². The van der Waals surface area contributed by atoms with E-state index in [1.54, 1.807) is 0 Å². The average Bonchev–Trinajstić information content (AvgIpc) is 1.50. The first-order valence-corrected chi connectivity index (χ1v) is 2.75. The summed E-state index contributed by atoms with van der Waals surface area (Å²) in [5.74, 6) is 0. The van der Waals surface area contributed by atoms with Crippen molar-refractivity contribution in [3.05, 3.63) is 0 Å². The van der Waals surface area contributed by atoms with Gasteiger partial charge in [-0.15, -0.1) is 0 Å². The molecule has 0 heterocycles. The summed E-state index contributed by atoms with van der Waals surface area (Å²) in [6.07, 6.45) is 0. The van der Waals surface area contributed by atoms with Crippen LogP contribution in [0, 0.1) is 0 Å². The summed E-state index contributed by atoms with van der Waals surface area (Å²) in [5, 5.41) is 0. The summed E-state index contributed by atoms with van der Waals surface area (Å²) in [5.41, 5.74) is 0. The molecule has 27 valence electrons. The minimum absolute atomic E-state index is 0. The van der Waals surface area contributed by atoms with Crippen LogP contribution in [0.3, 0.4) is 0 Å². The van der Waals surface area contributed by atoms with Crippen LogP contribution in [-0.2, 0) is 59.8 Å². The first-order valence-electron chi connectivity index (χ1n) is 0.358. The largest absolute Gasteiger partial charge is 0 e. The molecular formula is MnOSTi2. The molecule has 1 nitrogen and oxygen atoms in total. The topological polar surface area (TPSA) is 17.1 Å². The molecule has 0 atom stereocenters. The third-order valence-electron chi connectivity index (χ3n) is 0. The molecule has 0 radical (unpaired) electrons. The van der Waals surface area contributed by atoms with Crippen molar-refractivity contribution in [3.63, 3.8) is 0 Å². The van der Waals surface area contributed by atoms with Crippen molar-refractivity contribution in [2.75, 3.05) is 0 Å². The van der Waals surface area contributed by atoms with Crippen LogP contribution in [-0.4, -0.2) is 0 Å². The van der Waals surface area contributed by atoms with Crippen LogP contribution in [0.2, 0.25) is 0 Å². The molecule has 0 aliphatic rings. The summed E-state index contributed by atoms with van der Waals surface area (Å²) < 4.78 is 8.25. The maximum atomic E-state index is 8.25. The van der Waals surface area contributed by atoms with E-state index in [9.17, 15) is 0 Å². The smallest absolute Gasteiger partial charge is 0 e. The van der Waals surface area contributed by atoms with Crippen LogP contribution in [0.4, 0.5) is 0 Å². The summed E-state index contributed by atoms with van der Waals surface area (Å²) in [7, 11) is 3.90. The van der Waals surface area contributed by atoms with E-state index >= 15 is 0 Å². The Bertz CT molecular complexity index is 11.6. The predicted octanol–water partition coefficient (Wildman–Crippen LogP) is 0.522. The number of hydrogen-bond acceptors (Lipinski definition) is 2. The van der Waals surface area contributed by atoms with Crippen molar-refractivity contribution >= 4 is 10.6 Å². The van der Waals surface area contributed by atoms with Gasteiger partial charge in [0.2, 0.25) is 0 Å². The van der Waals surface area contributed by atoms with E-state index in [1.807, 2.05) is 0 Å². The van der Waals surface area contributed by atoms with Gasteiger partial charge in [-0.05, 0) is 0 Å². The molecule has 0 aromatic rings. The van der Waals surface area contributed by atoms with Gasteiger partial charge in [0.1, 0.15) is 0 Å². The van der Waals surface area contributed by atoms with Crippen LogP contribution in [0.25, 0.3) is 0 Å². The second kappa shape index (κ2) is 38.0. The molecule has 5 heavy (non-hydrogen) atoms. The van der Waals surface area contributed by atoms with E-state index in [2.05, 4.69) is 24.9 Å². The molecule has 0 aromatic heterocycles. The fourth-order valence-corrected chi connectivity index (χ4v) is 0. The van der Waals surface area contributed by atoms with Crippen molar-refractivity contribution in [2.45, 2.75) is 0 Å². The van der Waals surface area contributed by atoms with Gasteiger partial charge in [-0.1, -0.05) is 0 Å². The molecule has 0 saturated heterocycles. The predicted molar refractivity (Wildman–Crippen MR) is 8.28 cm³/mol. The molecule has 0 aromatic carbocycles. The van der Waals surface area contributed by atoms with E-state index in [1.165, 1.54) is 0 Å². The molecule has 5 heteroatoms. The molecule has 0 aliphatic heterocycles. The SMILES string of the molecule is [O]=[Ti].[S]=[Mn].[Ti]. The minimum atomic E-state index is 0. The number of hydrogen-bond donors (Lipinski definition) is 0. The van der Waals surface area contributed by atoms with Crippen LogP contribution in [0.5, 0.6) is 0 Å². The van der Waals surface area contributed by atoms with Crippen LogP contribution < -0.4 is 0 Å². The molecule has 0 N–H and O–H groups in total. The Morgan fingerprint density at radius 3 is 1.40 bits per heavy atom. The Hall–Kier alpha value is 1.97. The standard InChI is InChI=1S/Mn.O.S.2Ti. The first-order chi connectivity index (χ1) is 2.00. The average molecular weight is 199 g/mol. The van der Waals surface area contributed by atoms with Gasteiger partial charge in [-0.3, -0.25) is 0 Å². The van der Waals surface area contributed by atoms with E-state index in [-0.39, 0.29) is 21.7 Å². The van der Waals surface area contributed by atoms with Gasteiger partial charge in [0.05, 0.1) is 0 Å². The summed E-state index contributed by atoms with van der Waals surface area (Å²) >= 11 is 3.27. The van der Waals surface area contributed by atoms with Gasteiger partial charge in [0.25, 0.3) is 0 Å². The Labute approximate surface area is 69.6 Å². The van der Waals surface area contributed by atoms with E-state index < -0.39 is 0 Å². The zero-order valence-electron chi connectivity index (χ0n) is 2.19. The number of rotatable bonds is 0. The van der Waals surface area contributed by atoms with Crippen molar-refractivity contribution < 1.29 is 59.8 Å². The third kappa shape index (κ3) is 24.3. The maximum absolute atomic E-state index is 8.25. The minimum Gasteiger partial charge on any atom is 0 e. The fraction of sp³-hybridized carbons (Fsp3) is 0. The van der Waals surface area contributed by atoms with Crippen molar-refractivity contribution in [2.24, 2.45) is 0 Å². The van der Waals surface area contributed by atoms with Crippen LogP contribution in [0.1, 0.15) is 0 Å². The molecule has 0 aliphatic carbocycles. The van der Waals surface area contributed by atoms with Crippen molar-refractivity contribution in [1.82, 2.24) is 0 Å². The second-order valence-electron chi connectivity index (χ2n) is 0. The van der Waals surface area contributed by atoms with Gasteiger partial charge < -0.3 is 0 Å². The van der Waals surface area contributed by atoms with Gasteiger partial charge in [-0.2, -0.15) is 0 Å². The van der Waals surface area contributed by atoms with Crippen LogP contribution in [0.15, 0.2) is 0 Å². The first kappa shape index (κ1) is 15.8.